The van der Waals surface area contributed by atoms with Crippen LogP contribution in [0.25, 0.3) is 0 Å². The molecule has 96 valence electrons. The lowest BCUT2D eigenvalue weighted by molar-refractivity contribution is 0.648. The van der Waals surface area contributed by atoms with Crippen molar-refractivity contribution in [1.82, 2.24) is 9.78 Å². The van der Waals surface area contributed by atoms with Gasteiger partial charge in [-0.3, -0.25) is 9.89 Å². The Morgan fingerprint density at radius 1 is 1.33 bits per heavy atom. The van der Waals surface area contributed by atoms with Gasteiger partial charge in [-0.25, -0.2) is 4.68 Å². The van der Waals surface area contributed by atoms with E-state index in [0.717, 1.165) is 28.6 Å². The van der Waals surface area contributed by atoms with Gasteiger partial charge in [0.05, 0.1) is 12.2 Å². The lowest BCUT2D eigenvalue weighted by Gasteiger charge is -2.02. The van der Waals surface area contributed by atoms with Crippen molar-refractivity contribution < 1.29 is 0 Å². The number of anilines is 1. The van der Waals surface area contributed by atoms with Crippen LogP contribution in [0.4, 0.5) is 5.69 Å². The first kappa shape index (κ1) is 13.0. The zero-order valence-corrected chi connectivity index (χ0v) is 11.8. The maximum absolute atomic E-state index is 11.9. The highest BCUT2D eigenvalue weighted by molar-refractivity contribution is 9.10. The molecule has 1 heterocycles. The van der Waals surface area contributed by atoms with E-state index in [4.69, 9.17) is 5.73 Å². The molecule has 5 heteroatoms. The smallest absolute Gasteiger partial charge is 0.290 e. The number of aromatic nitrogens is 2. The Hall–Kier alpha value is -1.49. The molecule has 0 unspecified atom stereocenters. The molecule has 0 radical (unpaired) electrons. The Balaban J connectivity index is 2.26. The number of hydrogen-bond acceptors (Lipinski definition) is 2. The van der Waals surface area contributed by atoms with E-state index >= 15 is 0 Å². The van der Waals surface area contributed by atoms with Crippen molar-refractivity contribution in [3.63, 3.8) is 0 Å². The van der Waals surface area contributed by atoms with E-state index in [9.17, 15) is 4.79 Å². The number of halogens is 1. The lowest BCUT2D eigenvalue weighted by Crippen LogP contribution is -2.19. The topological polar surface area (TPSA) is 63.8 Å². The Labute approximate surface area is 114 Å². The average Bonchev–Trinajstić information content (AvgIpc) is 2.61. The van der Waals surface area contributed by atoms with Gasteiger partial charge in [0.25, 0.3) is 5.56 Å². The van der Waals surface area contributed by atoms with Gasteiger partial charge in [0.15, 0.2) is 0 Å². The van der Waals surface area contributed by atoms with Crippen molar-refractivity contribution in [1.29, 1.82) is 0 Å². The maximum Gasteiger partial charge on any atom is 0.290 e. The number of hydrogen-bond donors (Lipinski definition) is 2. The first-order chi connectivity index (χ1) is 8.61. The number of nitrogens with zero attached hydrogens (tertiary/aromatic N) is 1. The first-order valence-electron chi connectivity index (χ1n) is 5.93. The SMILES string of the molecule is CCCc1[nH]n(Cc2ccc(Br)cc2)c(=O)c1N. The average molecular weight is 310 g/mol. The second-order valence-corrected chi connectivity index (χ2v) is 5.19. The fourth-order valence-corrected chi connectivity index (χ4v) is 2.14. The molecular formula is C13H16BrN3O. The van der Waals surface area contributed by atoms with E-state index in [-0.39, 0.29) is 5.56 Å². The summed E-state index contributed by atoms with van der Waals surface area (Å²) in [5.41, 5.74) is 7.89. The summed E-state index contributed by atoms with van der Waals surface area (Å²) in [6.07, 6.45) is 1.76. The van der Waals surface area contributed by atoms with Crippen molar-refractivity contribution in [2.75, 3.05) is 5.73 Å². The van der Waals surface area contributed by atoms with E-state index in [1.54, 1.807) is 4.68 Å². The maximum atomic E-state index is 11.9. The van der Waals surface area contributed by atoms with Crippen molar-refractivity contribution in [3.05, 3.63) is 50.3 Å². The van der Waals surface area contributed by atoms with Crippen molar-refractivity contribution in [2.24, 2.45) is 0 Å². The third kappa shape index (κ3) is 2.67. The molecule has 0 saturated heterocycles. The van der Waals surface area contributed by atoms with Crippen molar-refractivity contribution >= 4 is 21.6 Å². The molecule has 4 nitrogen and oxygen atoms in total. The predicted octanol–water partition coefficient (Wildman–Crippen LogP) is 2.52. The lowest BCUT2D eigenvalue weighted by atomic mass is 10.2. The molecule has 0 aliphatic heterocycles. The van der Waals surface area contributed by atoms with Gasteiger partial charge in [-0.2, -0.15) is 0 Å². The van der Waals surface area contributed by atoms with Crippen LogP contribution in [0, 0.1) is 0 Å². The number of rotatable bonds is 4. The van der Waals surface area contributed by atoms with Gasteiger partial charge < -0.3 is 5.73 Å². The molecular weight excluding hydrogens is 294 g/mol. The van der Waals surface area contributed by atoms with E-state index in [0.29, 0.717) is 12.2 Å². The Morgan fingerprint density at radius 3 is 2.61 bits per heavy atom. The number of nitrogen functional groups attached to an aromatic ring is 1. The molecule has 0 aliphatic carbocycles. The Bertz CT molecular complexity index is 583. The Kier molecular flexibility index (Phi) is 3.91. The zero-order valence-electron chi connectivity index (χ0n) is 10.2. The third-order valence-corrected chi connectivity index (χ3v) is 3.35. The molecule has 0 amide bonds. The molecule has 1 aromatic carbocycles. The Morgan fingerprint density at radius 2 is 2.00 bits per heavy atom. The van der Waals surface area contributed by atoms with Crippen LogP contribution in [0.2, 0.25) is 0 Å². The van der Waals surface area contributed by atoms with Gasteiger partial charge in [0.1, 0.15) is 5.69 Å². The van der Waals surface area contributed by atoms with Gasteiger partial charge in [-0.05, 0) is 24.1 Å². The summed E-state index contributed by atoms with van der Waals surface area (Å²) < 4.78 is 2.58. The van der Waals surface area contributed by atoms with Gasteiger partial charge in [-0.15, -0.1) is 0 Å². The highest BCUT2D eigenvalue weighted by Crippen LogP contribution is 2.12. The zero-order chi connectivity index (χ0) is 13.1. The second kappa shape index (κ2) is 5.44. The third-order valence-electron chi connectivity index (χ3n) is 2.82. The van der Waals surface area contributed by atoms with Crippen LogP contribution in [0.3, 0.4) is 0 Å². The number of benzene rings is 1. The van der Waals surface area contributed by atoms with E-state index in [1.165, 1.54) is 0 Å². The molecule has 0 bridgehead atoms. The summed E-state index contributed by atoms with van der Waals surface area (Å²) in [7, 11) is 0. The first-order valence-corrected chi connectivity index (χ1v) is 6.72. The summed E-state index contributed by atoms with van der Waals surface area (Å²) in [5.74, 6) is 0. The van der Waals surface area contributed by atoms with Gasteiger partial charge in [0, 0.05) is 4.47 Å². The van der Waals surface area contributed by atoms with Crippen molar-refractivity contribution in [3.8, 4) is 0 Å². The van der Waals surface area contributed by atoms with Gasteiger partial charge >= 0.3 is 0 Å². The van der Waals surface area contributed by atoms with Crippen LogP contribution in [-0.2, 0) is 13.0 Å². The van der Waals surface area contributed by atoms with E-state index in [2.05, 4.69) is 28.0 Å². The number of nitrogens with two attached hydrogens (primary N) is 1. The van der Waals surface area contributed by atoms with Gasteiger partial charge in [0.2, 0.25) is 0 Å². The second-order valence-electron chi connectivity index (χ2n) is 4.27. The molecule has 0 atom stereocenters. The quantitative estimate of drug-likeness (QED) is 0.911. The molecule has 0 fully saturated rings. The van der Waals surface area contributed by atoms with Crippen LogP contribution >= 0.6 is 15.9 Å². The standard InChI is InChI=1S/C13H16BrN3O/c1-2-3-11-12(15)13(18)17(16-11)8-9-4-6-10(14)7-5-9/h4-7,16H,2-3,8,15H2,1H3. The number of aryl methyl sites for hydroxylation is 1. The van der Waals surface area contributed by atoms with E-state index in [1.807, 2.05) is 24.3 Å². The summed E-state index contributed by atoms with van der Waals surface area (Å²) in [5, 5.41) is 3.08. The number of H-pyrrole nitrogens is 1. The van der Waals surface area contributed by atoms with E-state index < -0.39 is 0 Å². The summed E-state index contributed by atoms with van der Waals surface area (Å²) in [4.78, 5) is 11.9. The molecule has 18 heavy (non-hydrogen) atoms. The van der Waals surface area contributed by atoms with Crippen LogP contribution in [0.1, 0.15) is 24.6 Å². The minimum Gasteiger partial charge on any atom is -0.393 e. The minimum atomic E-state index is -0.138. The van der Waals surface area contributed by atoms with Crippen LogP contribution < -0.4 is 11.3 Å². The largest absolute Gasteiger partial charge is 0.393 e. The molecule has 1 aromatic heterocycles. The molecule has 0 aliphatic rings. The number of nitrogens with one attached hydrogen (secondary N) is 1. The van der Waals surface area contributed by atoms with Gasteiger partial charge in [-0.1, -0.05) is 41.4 Å². The summed E-state index contributed by atoms with van der Waals surface area (Å²) >= 11 is 3.39. The summed E-state index contributed by atoms with van der Waals surface area (Å²) in [6, 6.07) is 7.87. The van der Waals surface area contributed by atoms with Crippen LogP contribution in [0.15, 0.2) is 33.5 Å². The van der Waals surface area contributed by atoms with Crippen LogP contribution in [0.5, 0.6) is 0 Å². The molecule has 2 rings (SSSR count). The normalized spacial score (nSPS) is 10.8. The predicted molar refractivity (Wildman–Crippen MR) is 76.7 cm³/mol. The fourth-order valence-electron chi connectivity index (χ4n) is 1.87. The molecule has 3 N–H and O–H groups in total. The fraction of sp³-hybridized carbons (Fsp3) is 0.308. The number of aromatic amines is 1. The highest BCUT2D eigenvalue weighted by atomic mass is 79.9. The molecule has 0 saturated carbocycles. The molecule has 2 aromatic rings. The summed E-state index contributed by atoms with van der Waals surface area (Å²) in [6.45, 7) is 2.57. The molecule has 0 spiro atoms. The van der Waals surface area contributed by atoms with Crippen molar-refractivity contribution in [2.45, 2.75) is 26.3 Å². The van der Waals surface area contributed by atoms with Crippen LogP contribution in [-0.4, -0.2) is 9.78 Å². The monoisotopic (exact) mass is 309 g/mol. The highest BCUT2D eigenvalue weighted by Gasteiger charge is 2.10. The minimum absolute atomic E-state index is 0.138.